The van der Waals surface area contributed by atoms with E-state index in [9.17, 15) is 0 Å². The summed E-state index contributed by atoms with van der Waals surface area (Å²) in [5, 5.41) is 0. The predicted molar refractivity (Wildman–Crippen MR) is 59.4 cm³/mol. The van der Waals surface area contributed by atoms with Crippen molar-refractivity contribution in [3.8, 4) is 11.5 Å². The van der Waals surface area contributed by atoms with Crippen molar-refractivity contribution >= 4 is 0 Å². The van der Waals surface area contributed by atoms with Crippen LogP contribution in [0, 0.1) is 0 Å². The van der Waals surface area contributed by atoms with Crippen LogP contribution in [0.5, 0.6) is 11.5 Å². The molecule has 1 heterocycles. The van der Waals surface area contributed by atoms with Crippen LogP contribution in [-0.4, -0.2) is 17.1 Å². The van der Waals surface area contributed by atoms with E-state index in [0.29, 0.717) is 12.4 Å². The lowest BCUT2D eigenvalue weighted by molar-refractivity contribution is 0.303. The van der Waals surface area contributed by atoms with E-state index in [1.165, 1.54) is 6.33 Å². The van der Waals surface area contributed by atoms with Crippen molar-refractivity contribution in [1.29, 1.82) is 0 Å². The van der Waals surface area contributed by atoms with Crippen LogP contribution in [0.1, 0.15) is 5.56 Å². The van der Waals surface area contributed by atoms with E-state index >= 15 is 0 Å². The summed E-state index contributed by atoms with van der Waals surface area (Å²) in [7, 11) is 1.65. The summed E-state index contributed by atoms with van der Waals surface area (Å²) >= 11 is 0. The lowest BCUT2D eigenvalue weighted by atomic mass is 10.2. The van der Waals surface area contributed by atoms with Crippen molar-refractivity contribution in [1.82, 2.24) is 9.97 Å². The zero-order chi connectivity index (χ0) is 11.2. The number of hydrogen-bond donors (Lipinski definition) is 0. The Labute approximate surface area is 93.9 Å². The van der Waals surface area contributed by atoms with Crippen molar-refractivity contribution < 1.29 is 9.47 Å². The van der Waals surface area contributed by atoms with Crippen molar-refractivity contribution in [3.63, 3.8) is 0 Å². The molecule has 0 fully saturated rings. The Morgan fingerprint density at radius 2 is 1.69 bits per heavy atom. The van der Waals surface area contributed by atoms with Gasteiger partial charge in [0, 0.05) is 0 Å². The molecule has 0 bridgehead atoms. The summed E-state index contributed by atoms with van der Waals surface area (Å²) in [5.74, 6) is 1.50. The third-order valence-electron chi connectivity index (χ3n) is 2.10. The van der Waals surface area contributed by atoms with Crippen LogP contribution >= 0.6 is 0 Å². The van der Waals surface area contributed by atoms with Gasteiger partial charge in [0.15, 0.2) is 5.75 Å². The van der Waals surface area contributed by atoms with Gasteiger partial charge in [-0.2, -0.15) is 0 Å². The standard InChI is InChI=1S/C12H12N2O2/c1-15-11-4-2-10(3-5-11)8-16-12-6-13-9-14-7-12/h2-7,9H,8H2,1H3. The van der Waals surface area contributed by atoms with E-state index in [0.717, 1.165) is 11.3 Å². The number of hydrogen-bond acceptors (Lipinski definition) is 4. The molecule has 4 nitrogen and oxygen atoms in total. The highest BCUT2D eigenvalue weighted by molar-refractivity contribution is 5.27. The average molecular weight is 216 g/mol. The maximum absolute atomic E-state index is 5.50. The molecule has 0 unspecified atom stereocenters. The van der Waals surface area contributed by atoms with Gasteiger partial charge in [0.05, 0.1) is 19.5 Å². The first-order valence-corrected chi connectivity index (χ1v) is 4.89. The van der Waals surface area contributed by atoms with E-state index in [1.54, 1.807) is 19.5 Å². The minimum Gasteiger partial charge on any atom is -0.497 e. The fourth-order valence-corrected chi connectivity index (χ4v) is 1.25. The molecule has 0 amide bonds. The third kappa shape index (κ3) is 2.70. The normalized spacial score (nSPS) is 9.81. The molecular weight excluding hydrogens is 204 g/mol. The van der Waals surface area contributed by atoms with Gasteiger partial charge in [-0.25, -0.2) is 9.97 Å². The smallest absolute Gasteiger partial charge is 0.156 e. The molecule has 0 saturated carbocycles. The topological polar surface area (TPSA) is 44.2 Å². The molecule has 2 aromatic rings. The number of ether oxygens (including phenoxy) is 2. The highest BCUT2D eigenvalue weighted by atomic mass is 16.5. The second-order valence-electron chi connectivity index (χ2n) is 3.21. The zero-order valence-electron chi connectivity index (χ0n) is 8.96. The van der Waals surface area contributed by atoms with Crippen molar-refractivity contribution in [3.05, 3.63) is 48.5 Å². The van der Waals surface area contributed by atoms with Gasteiger partial charge in [0.2, 0.25) is 0 Å². The number of rotatable bonds is 4. The van der Waals surface area contributed by atoms with Gasteiger partial charge in [-0.15, -0.1) is 0 Å². The van der Waals surface area contributed by atoms with E-state index in [-0.39, 0.29) is 0 Å². The predicted octanol–water partition coefficient (Wildman–Crippen LogP) is 2.06. The Hall–Kier alpha value is -2.10. The molecule has 1 aromatic heterocycles. The first-order chi connectivity index (χ1) is 7.88. The zero-order valence-corrected chi connectivity index (χ0v) is 8.96. The summed E-state index contributed by atoms with van der Waals surface area (Å²) in [5.41, 5.74) is 1.07. The maximum Gasteiger partial charge on any atom is 0.156 e. The molecule has 82 valence electrons. The minimum atomic E-state index is 0.497. The Bertz CT molecular complexity index is 429. The lowest BCUT2D eigenvalue weighted by Crippen LogP contribution is -1.96. The summed E-state index contributed by atoms with van der Waals surface area (Å²) in [6, 6.07) is 7.73. The van der Waals surface area contributed by atoms with Gasteiger partial charge in [-0.05, 0) is 17.7 Å². The molecule has 0 spiro atoms. The number of methoxy groups -OCH3 is 1. The maximum atomic E-state index is 5.50. The van der Waals surface area contributed by atoms with Crippen LogP contribution < -0.4 is 9.47 Å². The second-order valence-corrected chi connectivity index (χ2v) is 3.21. The van der Waals surface area contributed by atoms with Crippen LogP contribution in [0.2, 0.25) is 0 Å². The SMILES string of the molecule is COc1ccc(COc2cncnc2)cc1. The van der Waals surface area contributed by atoms with Crippen molar-refractivity contribution in [2.24, 2.45) is 0 Å². The fraction of sp³-hybridized carbons (Fsp3) is 0.167. The molecule has 1 aromatic carbocycles. The van der Waals surface area contributed by atoms with Gasteiger partial charge < -0.3 is 9.47 Å². The van der Waals surface area contributed by atoms with Crippen LogP contribution in [0.4, 0.5) is 0 Å². The summed E-state index contributed by atoms with van der Waals surface area (Å²) in [6.07, 6.45) is 4.74. The van der Waals surface area contributed by atoms with Gasteiger partial charge in [0.25, 0.3) is 0 Å². The van der Waals surface area contributed by atoms with Gasteiger partial charge >= 0.3 is 0 Å². The molecule has 4 heteroatoms. The highest BCUT2D eigenvalue weighted by Crippen LogP contribution is 2.13. The van der Waals surface area contributed by atoms with Crippen molar-refractivity contribution in [2.45, 2.75) is 6.61 Å². The highest BCUT2D eigenvalue weighted by Gasteiger charge is 1.96. The molecule has 0 aliphatic heterocycles. The molecule has 0 N–H and O–H groups in total. The summed E-state index contributed by atoms with van der Waals surface area (Å²) < 4.78 is 10.6. The first-order valence-electron chi connectivity index (χ1n) is 4.89. The number of nitrogens with zero attached hydrogens (tertiary/aromatic N) is 2. The Kier molecular flexibility index (Phi) is 3.33. The average Bonchev–Trinajstić information content (AvgIpc) is 2.38. The third-order valence-corrected chi connectivity index (χ3v) is 2.10. The van der Waals surface area contributed by atoms with Gasteiger partial charge in [-0.3, -0.25) is 0 Å². The van der Waals surface area contributed by atoms with E-state index in [2.05, 4.69) is 9.97 Å². The Morgan fingerprint density at radius 3 is 2.31 bits per heavy atom. The van der Waals surface area contributed by atoms with Gasteiger partial charge in [-0.1, -0.05) is 12.1 Å². The number of aromatic nitrogens is 2. The van der Waals surface area contributed by atoms with E-state index in [4.69, 9.17) is 9.47 Å². The van der Waals surface area contributed by atoms with Crippen LogP contribution in [-0.2, 0) is 6.61 Å². The van der Waals surface area contributed by atoms with Gasteiger partial charge in [0.1, 0.15) is 18.7 Å². The van der Waals surface area contributed by atoms with Crippen LogP contribution in [0.15, 0.2) is 43.0 Å². The minimum absolute atomic E-state index is 0.497. The fourth-order valence-electron chi connectivity index (χ4n) is 1.25. The number of benzene rings is 1. The monoisotopic (exact) mass is 216 g/mol. The molecule has 0 radical (unpaired) electrons. The first kappa shape index (κ1) is 10.4. The molecular formula is C12H12N2O2. The molecule has 0 aliphatic carbocycles. The second kappa shape index (κ2) is 5.11. The lowest BCUT2D eigenvalue weighted by Gasteiger charge is -2.05. The molecule has 0 saturated heterocycles. The quantitative estimate of drug-likeness (QED) is 0.784. The molecule has 2 rings (SSSR count). The van der Waals surface area contributed by atoms with Crippen LogP contribution in [0.25, 0.3) is 0 Å². The Morgan fingerprint density at radius 1 is 1.00 bits per heavy atom. The van der Waals surface area contributed by atoms with E-state index < -0.39 is 0 Å². The summed E-state index contributed by atoms with van der Waals surface area (Å²) in [6.45, 7) is 0.497. The molecule has 16 heavy (non-hydrogen) atoms. The molecule has 0 aliphatic rings. The van der Waals surface area contributed by atoms with Crippen molar-refractivity contribution in [2.75, 3.05) is 7.11 Å². The largest absolute Gasteiger partial charge is 0.497 e. The summed E-state index contributed by atoms with van der Waals surface area (Å²) in [4.78, 5) is 7.74. The van der Waals surface area contributed by atoms with E-state index in [1.807, 2.05) is 24.3 Å². The Balaban J connectivity index is 1.94. The van der Waals surface area contributed by atoms with Crippen LogP contribution in [0.3, 0.4) is 0 Å². The molecule has 0 atom stereocenters.